The van der Waals surface area contributed by atoms with Crippen molar-refractivity contribution in [2.24, 2.45) is 0 Å². The van der Waals surface area contributed by atoms with E-state index in [2.05, 4.69) is 18.0 Å². The van der Waals surface area contributed by atoms with Crippen LogP contribution in [0.1, 0.15) is 40.0 Å². The van der Waals surface area contributed by atoms with Gasteiger partial charge in [-0.15, -0.1) is 6.58 Å². The van der Waals surface area contributed by atoms with Gasteiger partial charge in [-0.1, -0.05) is 24.3 Å². The van der Waals surface area contributed by atoms with Gasteiger partial charge in [0, 0.05) is 6.42 Å². The van der Waals surface area contributed by atoms with Crippen LogP contribution in [0.15, 0.2) is 36.5 Å². The predicted molar refractivity (Wildman–Crippen MR) is 76.8 cm³/mol. The highest BCUT2D eigenvalue weighted by atomic mass is 17.1. The normalized spacial score (nSPS) is 18.5. The second kappa shape index (κ2) is 8.27. The van der Waals surface area contributed by atoms with Gasteiger partial charge in [-0.3, -0.25) is 5.26 Å². The molecule has 4 nitrogen and oxygen atoms in total. The van der Waals surface area contributed by atoms with Gasteiger partial charge in [-0.2, -0.15) is 0 Å². The Bertz CT molecular complexity index is 331. The van der Waals surface area contributed by atoms with Crippen molar-refractivity contribution in [2.75, 3.05) is 0 Å². The Morgan fingerprint density at radius 1 is 1.42 bits per heavy atom. The van der Waals surface area contributed by atoms with E-state index in [0.717, 1.165) is 11.1 Å². The van der Waals surface area contributed by atoms with E-state index in [-0.39, 0.29) is 6.42 Å². The van der Waals surface area contributed by atoms with Gasteiger partial charge >= 0.3 is 0 Å². The summed E-state index contributed by atoms with van der Waals surface area (Å²) in [5.74, 6) is 0. The molecular formula is C15H26O4. The fourth-order valence-corrected chi connectivity index (χ4v) is 1.73. The van der Waals surface area contributed by atoms with Gasteiger partial charge in [0.15, 0.2) is 0 Å². The number of aliphatic hydroxyl groups excluding tert-OH is 1. The van der Waals surface area contributed by atoms with E-state index in [1.807, 2.05) is 6.92 Å². The van der Waals surface area contributed by atoms with Crippen LogP contribution in [-0.2, 0) is 4.89 Å². The van der Waals surface area contributed by atoms with E-state index in [9.17, 15) is 10.2 Å². The van der Waals surface area contributed by atoms with E-state index in [0.29, 0.717) is 12.8 Å². The van der Waals surface area contributed by atoms with Crippen molar-refractivity contribution in [3.8, 4) is 0 Å². The SMILES string of the molecule is C=C[C@@](C)(O)C[C@@H](O)/C=C(\C)CC[C@H](OO)C(=C)C. The monoisotopic (exact) mass is 270 g/mol. The lowest BCUT2D eigenvalue weighted by Crippen LogP contribution is -2.26. The number of aliphatic hydroxyl groups is 2. The molecule has 3 N–H and O–H groups in total. The summed E-state index contributed by atoms with van der Waals surface area (Å²) in [4.78, 5) is 4.32. The standard InChI is InChI=1S/C15H26O4/c1-6-15(5,17)10-13(16)9-12(4)7-8-14(19-18)11(2)3/h6,9,13-14,16-18H,1-2,7-8,10H2,3-5H3/b12-9+/t13-,14-,15+/m0/s1. The Morgan fingerprint density at radius 3 is 2.42 bits per heavy atom. The van der Waals surface area contributed by atoms with Gasteiger partial charge in [-0.25, -0.2) is 4.89 Å². The average molecular weight is 270 g/mol. The third-order valence-corrected chi connectivity index (χ3v) is 3.02. The first kappa shape index (κ1) is 18.1. The minimum Gasteiger partial charge on any atom is -0.389 e. The minimum atomic E-state index is -1.08. The van der Waals surface area contributed by atoms with Crippen LogP contribution in [0.3, 0.4) is 0 Å². The van der Waals surface area contributed by atoms with E-state index in [4.69, 9.17) is 5.26 Å². The summed E-state index contributed by atoms with van der Waals surface area (Å²) in [5, 5.41) is 28.3. The van der Waals surface area contributed by atoms with Crippen LogP contribution in [0.25, 0.3) is 0 Å². The van der Waals surface area contributed by atoms with Crippen LogP contribution in [0.2, 0.25) is 0 Å². The summed E-state index contributed by atoms with van der Waals surface area (Å²) in [6, 6.07) is 0. The van der Waals surface area contributed by atoms with Gasteiger partial charge in [0.2, 0.25) is 0 Å². The highest BCUT2D eigenvalue weighted by Gasteiger charge is 2.19. The molecule has 0 aromatic heterocycles. The molecule has 4 heteroatoms. The van der Waals surface area contributed by atoms with Crippen LogP contribution in [-0.4, -0.2) is 33.3 Å². The van der Waals surface area contributed by atoms with Gasteiger partial charge in [0.1, 0.15) is 6.10 Å². The third kappa shape index (κ3) is 7.95. The lowest BCUT2D eigenvalue weighted by molar-refractivity contribution is -0.269. The van der Waals surface area contributed by atoms with Gasteiger partial charge in [0.25, 0.3) is 0 Å². The van der Waals surface area contributed by atoms with E-state index in [1.54, 1.807) is 19.9 Å². The maximum absolute atomic E-state index is 9.84. The molecule has 0 bridgehead atoms. The summed E-state index contributed by atoms with van der Waals surface area (Å²) in [6.45, 7) is 12.5. The number of hydrogen-bond donors (Lipinski definition) is 3. The zero-order chi connectivity index (χ0) is 15.1. The fraction of sp³-hybridized carbons (Fsp3) is 0.600. The molecule has 0 unspecified atom stereocenters. The summed E-state index contributed by atoms with van der Waals surface area (Å²) in [6.07, 6.45) is 3.46. The van der Waals surface area contributed by atoms with Gasteiger partial charge in [-0.05, 0) is 39.2 Å². The van der Waals surface area contributed by atoms with E-state index >= 15 is 0 Å². The first-order chi connectivity index (χ1) is 8.71. The van der Waals surface area contributed by atoms with Crippen LogP contribution < -0.4 is 0 Å². The second-order valence-electron chi connectivity index (χ2n) is 5.32. The molecule has 0 spiro atoms. The Balaban J connectivity index is 4.33. The molecule has 0 amide bonds. The Morgan fingerprint density at radius 2 is 2.00 bits per heavy atom. The summed E-state index contributed by atoms with van der Waals surface area (Å²) in [5.41, 5.74) is 0.645. The lowest BCUT2D eigenvalue weighted by Gasteiger charge is -2.21. The third-order valence-electron chi connectivity index (χ3n) is 3.02. The fourth-order valence-electron chi connectivity index (χ4n) is 1.73. The number of allylic oxidation sites excluding steroid dienone is 1. The number of hydrogen-bond acceptors (Lipinski definition) is 4. The van der Waals surface area contributed by atoms with E-state index < -0.39 is 17.8 Å². The number of rotatable bonds is 9. The molecule has 0 rings (SSSR count). The summed E-state index contributed by atoms with van der Waals surface area (Å²) >= 11 is 0. The first-order valence-corrected chi connectivity index (χ1v) is 6.38. The lowest BCUT2D eigenvalue weighted by atomic mass is 9.96. The quantitative estimate of drug-likeness (QED) is 0.342. The van der Waals surface area contributed by atoms with Crippen LogP contribution in [0, 0.1) is 0 Å². The molecular weight excluding hydrogens is 244 g/mol. The average Bonchev–Trinajstić information content (AvgIpc) is 2.28. The maximum atomic E-state index is 9.84. The minimum absolute atomic E-state index is 0.203. The molecule has 0 saturated carbocycles. The van der Waals surface area contributed by atoms with Crippen LogP contribution in [0.4, 0.5) is 0 Å². The van der Waals surface area contributed by atoms with Crippen molar-refractivity contribution in [3.05, 3.63) is 36.5 Å². The smallest absolute Gasteiger partial charge is 0.113 e. The van der Waals surface area contributed by atoms with E-state index in [1.165, 1.54) is 6.08 Å². The first-order valence-electron chi connectivity index (χ1n) is 6.38. The zero-order valence-corrected chi connectivity index (χ0v) is 12.1. The zero-order valence-electron chi connectivity index (χ0n) is 12.1. The maximum Gasteiger partial charge on any atom is 0.113 e. The molecule has 0 heterocycles. The highest BCUT2D eigenvalue weighted by molar-refractivity contribution is 5.07. The van der Waals surface area contributed by atoms with Crippen molar-refractivity contribution < 1.29 is 20.4 Å². The van der Waals surface area contributed by atoms with Crippen molar-refractivity contribution in [1.82, 2.24) is 0 Å². The molecule has 0 aliphatic carbocycles. The Labute approximate surface area is 115 Å². The second-order valence-corrected chi connectivity index (χ2v) is 5.32. The molecule has 19 heavy (non-hydrogen) atoms. The molecule has 0 saturated heterocycles. The van der Waals surface area contributed by atoms with Crippen LogP contribution >= 0.6 is 0 Å². The van der Waals surface area contributed by atoms with Crippen molar-refractivity contribution in [3.63, 3.8) is 0 Å². The molecule has 0 fully saturated rings. The molecule has 0 radical (unpaired) electrons. The predicted octanol–water partition coefficient (Wildman–Crippen LogP) is 2.84. The molecule has 0 aromatic rings. The highest BCUT2D eigenvalue weighted by Crippen LogP contribution is 2.18. The molecule has 3 atom stereocenters. The van der Waals surface area contributed by atoms with Crippen LogP contribution in [0.5, 0.6) is 0 Å². The molecule has 0 aromatic carbocycles. The Hall–Kier alpha value is -0.940. The van der Waals surface area contributed by atoms with Gasteiger partial charge < -0.3 is 10.2 Å². The van der Waals surface area contributed by atoms with Crippen molar-refractivity contribution >= 4 is 0 Å². The molecule has 0 aliphatic heterocycles. The largest absolute Gasteiger partial charge is 0.389 e. The van der Waals surface area contributed by atoms with Gasteiger partial charge in [0.05, 0.1) is 11.7 Å². The van der Waals surface area contributed by atoms with Crippen molar-refractivity contribution in [1.29, 1.82) is 0 Å². The van der Waals surface area contributed by atoms with Crippen molar-refractivity contribution in [2.45, 2.75) is 57.8 Å². The summed E-state index contributed by atoms with van der Waals surface area (Å²) in [7, 11) is 0. The molecule has 0 aliphatic rings. The summed E-state index contributed by atoms with van der Waals surface area (Å²) < 4.78 is 0. The topological polar surface area (TPSA) is 69.9 Å². The molecule has 110 valence electrons. The Kier molecular flexibility index (Phi) is 7.87.